The Hall–Kier alpha value is -2.78. The summed E-state index contributed by atoms with van der Waals surface area (Å²) in [5.74, 6) is -0.341. The van der Waals surface area contributed by atoms with Gasteiger partial charge in [0, 0.05) is 12.1 Å². The zero-order chi connectivity index (χ0) is 23.9. The number of ether oxygens (including phenoxy) is 2. The highest BCUT2D eigenvalue weighted by molar-refractivity contribution is 9.11. The predicted molar refractivity (Wildman–Crippen MR) is 134 cm³/mol. The highest BCUT2D eigenvalue weighted by Crippen LogP contribution is 2.37. The molecule has 0 spiro atoms. The molecule has 1 heterocycles. The molecule has 0 aliphatic heterocycles. The molecular weight excluding hydrogens is 500 g/mol. The van der Waals surface area contributed by atoms with E-state index >= 15 is 0 Å². The lowest BCUT2D eigenvalue weighted by atomic mass is 10.0. The van der Waals surface area contributed by atoms with Crippen molar-refractivity contribution in [2.75, 3.05) is 6.61 Å². The summed E-state index contributed by atoms with van der Waals surface area (Å²) < 4.78 is 13.6. The molecule has 1 aliphatic carbocycles. The molecule has 4 rings (SSSR count). The van der Waals surface area contributed by atoms with Crippen molar-refractivity contribution >= 4 is 22.0 Å². The van der Waals surface area contributed by atoms with Crippen molar-refractivity contribution in [3.8, 4) is 0 Å². The second-order valence-electron chi connectivity index (χ2n) is 8.34. The van der Waals surface area contributed by atoms with E-state index in [0.29, 0.717) is 25.2 Å². The smallest absolute Gasteiger partial charge is 0.328 e. The number of nitrogens with one attached hydrogen (secondary N) is 1. The van der Waals surface area contributed by atoms with Gasteiger partial charge >= 0.3 is 5.69 Å². The van der Waals surface area contributed by atoms with E-state index in [2.05, 4.69) is 20.9 Å². The lowest BCUT2D eigenvalue weighted by Crippen LogP contribution is -2.37. The van der Waals surface area contributed by atoms with Crippen molar-refractivity contribution in [2.24, 2.45) is 5.92 Å². The summed E-state index contributed by atoms with van der Waals surface area (Å²) in [4.78, 5) is 28.6. The van der Waals surface area contributed by atoms with Crippen LogP contribution in [0.2, 0.25) is 0 Å². The number of aromatic amines is 1. The molecule has 4 unspecified atom stereocenters. The number of H-pyrrole nitrogens is 1. The van der Waals surface area contributed by atoms with Gasteiger partial charge in [-0.25, -0.2) is 4.79 Å². The number of nitrogens with zero attached hydrogens (tertiary/aromatic N) is 1. The summed E-state index contributed by atoms with van der Waals surface area (Å²) >= 11 is 3.16. The normalized spacial score (nSPS) is 22.4. The summed E-state index contributed by atoms with van der Waals surface area (Å²) in [7, 11) is 0. The van der Waals surface area contributed by atoms with E-state index in [-0.39, 0.29) is 18.6 Å². The predicted octanol–water partition coefficient (Wildman–Crippen LogP) is 3.63. The van der Waals surface area contributed by atoms with Crippen molar-refractivity contribution in [1.82, 2.24) is 9.55 Å². The molecular formula is C26H27BrN2O5. The van der Waals surface area contributed by atoms with Gasteiger partial charge in [-0.2, -0.15) is 0 Å². The minimum atomic E-state index is -0.888. The van der Waals surface area contributed by atoms with Crippen LogP contribution in [0.4, 0.5) is 0 Å². The Labute approximate surface area is 205 Å². The van der Waals surface area contributed by atoms with E-state index < -0.39 is 23.4 Å². The molecule has 0 bridgehead atoms. The van der Waals surface area contributed by atoms with E-state index in [1.165, 1.54) is 10.8 Å². The second-order valence-corrected chi connectivity index (χ2v) is 8.87. The van der Waals surface area contributed by atoms with E-state index in [0.717, 1.165) is 11.1 Å². The Balaban J connectivity index is 1.54. The van der Waals surface area contributed by atoms with Crippen LogP contribution in [0.25, 0.3) is 6.08 Å². The molecule has 1 aromatic heterocycles. The third-order valence-corrected chi connectivity index (χ3v) is 6.37. The SMILES string of the molecule is O=c1[nH]c(=O)n(C2CC(OCc3ccccc3)C(COCc3ccccc3)C2O)cc1C=CBr. The number of rotatable bonds is 9. The Kier molecular flexibility index (Phi) is 8.29. The largest absolute Gasteiger partial charge is 0.390 e. The minimum absolute atomic E-state index is 0.276. The number of halogens is 1. The summed E-state index contributed by atoms with van der Waals surface area (Å²) in [6, 6.07) is 19.1. The van der Waals surface area contributed by atoms with Gasteiger partial charge in [0.15, 0.2) is 0 Å². The molecule has 7 nitrogen and oxygen atoms in total. The fourth-order valence-electron chi connectivity index (χ4n) is 4.33. The molecule has 1 fully saturated rings. The highest BCUT2D eigenvalue weighted by atomic mass is 79.9. The maximum Gasteiger partial charge on any atom is 0.328 e. The molecule has 1 saturated carbocycles. The number of aliphatic hydroxyl groups is 1. The van der Waals surface area contributed by atoms with E-state index in [1.807, 2.05) is 60.7 Å². The van der Waals surface area contributed by atoms with Crippen LogP contribution in [-0.2, 0) is 22.7 Å². The maximum atomic E-state index is 12.6. The average molecular weight is 527 g/mol. The third-order valence-electron chi connectivity index (χ3n) is 6.11. The molecule has 0 radical (unpaired) electrons. The van der Waals surface area contributed by atoms with Gasteiger partial charge in [0.2, 0.25) is 0 Å². The topological polar surface area (TPSA) is 93.6 Å². The maximum absolute atomic E-state index is 12.6. The van der Waals surface area contributed by atoms with Crippen LogP contribution in [0.15, 0.2) is 81.4 Å². The molecule has 8 heteroatoms. The fourth-order valence-corrected chi connectivity index (χ4v) is 4.62. The molecule has 3 aromatic rings. The number of hydrogen-bond acceptors (Lipinski definition) is 5. The summed E-state index contributed by atoms with van der Waals surface area (Å²) in [5.41, 5.74) is 1.33. The van der Waals surface area contributed by atoms with Crippen LogP contribution < -0.4 is 11.2 Å². The van der Waals surface area contributed by atoms with Crippen LogP contribution in [0.5, 0.6) is 0 Å². The van der Waals surface area contributed by atoms with Gasteiger partial charge in [-0.1, -0.05) is 76.6 Å². The van der Waals surface area contributed by atoms with Crippen molar-refractivity contribution < 1.29 is 14.6 Å². The highest BCUT2D eigenvalue weighted by Gasteiger charge is 2.44. The number of benzene rings is 2. The molecule has 1 aliphatic rings. The van der Waals surface area contributed by atoms with Crippen LogP contribution >= 0.6 is 15.9 Å². The molecule has 0 saturated heterocycles. The molecule has 2 N–H and O–H groups in total. The van der Waals surface area contributed by atoms with Crippen LogP contribution in [0.1, 0.15) is 29.2 Å². The zero-order valence-electron chi connectivity index (χ0n) is 18.5. The van der Waals surface area contributed by atoms with Crippen molar-refractivity contribution in [3.63, 3.8) is 0 Å². The number of aliphatic hydroxyl groups excluding tert-OH is 1. The Morgan fingerprint density at radius 3 is 2.32 bits per heavy atom. The summed E-state index contributed by atoms with van der Waals surface area (Å²) in [6.07, 6.45) is 2.23. The van der Waals surface area contributed by atoms with E-state index in [1.54, 1.807) is 11.1 Å². The first kappa shape index (κ1) is 24.3. The monoisotopic (exact) mass is 526 g/mol. The summed E-state index contributed by atoms with van der Waals surface area (Å²) in [6.45, 7) is 1.08. The van der Waals surface area contributed by atoms with Gasteiger partial charge in [0.05, 0.1) is 43.6 Å². The van der Waals surface area contributed by atoms with Crippen LogP contribution in [0, 0.1) is 5.92 Å². The van der Waals surface area contributed by atoms with Gasteiger partial charge in [0.1, 0.15) is 0 Å². The first-order chi connectivity index (χ1) is 16.6. The standard InChI is InChI=1S/C26H27BrN2O5/c27-12-11-20-14-29(26(32)28-25(20)31)22-13-23(34-16-19-9-5-2-6-10-19)21(24(22)30)17-33-15-18-7-3-1-4-8-18/h1-12,14,21-24,30H,13,15-17H2,(H,28,31,32). The zero-order valence-corrected chi connectivity index (χ0v) is 20.1. The van der Waals surface area contributed by atoms with Gasteiger partial charge in [-0.15, -0.1) is 0 Å². The number of hydrogen-bond donors (Lipinski definition) is 2. The van der Waals surface area contributed by atoms with Gasteiger partial charge in [-0.05, 0) is 28.6 Å². The number of aromatic nitrogens is 2. The molecule has 2 aromatic carbocycles. The lowest BCUT2D eigenvalue weighted by Gasteiger charge is -2.23. The first-order valence-electron chi connectivity index (χ1n) is 11.1. The molecule has 178 valence electrons. The fraction of sp³-hybridized carbons (Fsp3) is 0.308. The van der Waals surface area contributed by atoms with Gasteiger partial charge in [-0.3, -0.25) is 14.3 Å². The lowest BCUT2D eigenvalue weighted by molar-refractivity contribution is -0.0476. The van der Waals surface area contributed by atoms with Crippen LogP contribution in [0.3, 0.4) is 0 Å². The average Bonchev–Trinajstić information content (AvgIpc) is 3.16. The second kappa shape index (κ2) is 11.6. The van der Waals surface area contributed by atoms with Crippen LogP contribution in [-0.4, -0.2) is 33.5 Å². The van der Waals surface area contributed by atoms with Gasteiger partial charge in [0.25, 0.3) is 5.56 Å². The summed E-state index contributed by atoms with van der Waals surface area (Å²) in [5, 5.41) is 11.2. The quantitative estimate of drug-likeness (QED) is 0.444. The Bertz CT molecular complexity index is 1210. The molecule has 0 amide bonds. The Morgan fingerprint density at radius 1 is 1.03 bits per heavy atom. The first-order valence-corrected chi connectivity index (χ1v) is 12.1. The van der Waals surface area contributed by atoms with E-state index in [9.17, 15) is 14.7 Å². The Morgan fingerprint density at radius 2 is 1.68 bits per heavy atom. The molecule has 4 atom stereocenters. The van der Waals surface area contributed by atoms with Crippen molar-refractivity contribution in [1.29, 1.82) is 0 Å². The van der Waals surface area contributed by atoms with Gasteiger partial charge < -0.3 is 14.6 Å². The van der Waals surface area contributed by atoms with Crippen molar-refractivity contribution in [2.45, 2.75) is 37.9 Å². The minimum Gasteiger partial charge on any atom is -0.390 e. The molecule has 34 heavy (non-hydrogen) atoms. The third kappa shape index (κ3) is 5.82. The van der Waals surface area contributed by atoms with E-state index in [4.69, 9.17) is 9.47 Å². The van der Waals surface area contributed by atoms with Crippen molar-refractivity contribution in [3.05, 3.63) is 109 Å².